The topological polar surface area (TPSA) is 46.5 Å². The van der Waals surface area contributed by atoms with E-state index in [0.717, 1.165) is 6.42 Å². The maximum Gasteiger partial charge on any atom is 0.311 e. The molecule has 3 nitrogen and oxygen atoms in total. The summed E-state index contributed by atoms with van der Waals surface area (Å²) in [5.74, 6) is 1.63. The SMILES string of the molecule is C#CCCC[C@H](O)[C@H](C)C(=O)OC. The first-order valence-electron chi connectivity index (χ1n) is 4.32. The van der Waals surface area contributed by atoms with Gasteiger partial charge in [-0.1, -0.05) is 0 Å². The summed E-state index contributed by atoms with van der Waals surface area (Å²) in [6, 6.07) is 0. The molecule has 0 aromatic heterocycles. The molecule has 0 aliphatic carbocycles. The Hall–Kier alpha value is -1.01. The third-order valence-corrected chi connectivity index (χ3v) is 1.97. The maximum atomic E-state index is 11.0. The Morgan fingerprint density at radius 3 is 2.77 bits per heavy atom. The molecular weight excluding hydrogens is 168 g/mol. The Kier molecular flexibility index (Phi) is 5.99. The number of esters is 1. The standard InChI is InChI=1S/C10H16O3/c1-4-5-6-7-9(11)8(2)10(12)13-3/h1,8-9,11H,5-7H2,2-3H3/t8-,9-/m0/s1. The Bertz CT molecular complexity index is 193. The molecule has 0 saturated heterocycles. The van der Waals surface area contributed by atoms with E-state index in [2.05, 4.69) is 10.7 Å². The van der Waals surface area contributed by atoms with Crippen molar-refractivity contribution in [2.75, 3.05) is 7.11 Å². The highest BCUT2D eigenvalue weighted by Crippen LogP contribution is 2.11. The lowest BCUT2D eigenvalue weighted by molar-refractivity contribution is -0.148. The Morgan fingerprint density at radius 1 is 1.69 bits per heavy atom. The predicted octanol–water partition coefficient (Wildman–Crippen LogP) is 0.960. The zero-order valence-electron chi connectivity index (χ0n) is 8.12. The van der Waals surface area contributed by atoms with Crippen LogP contribution < -0.4 is 0 Å². The molecule has 0 aromatic rings. The lowest BCUT2D eigenvalue weighted by atomic mass is 10.00. The van der Waals surface area contributed by atoms with E-state index < -0.39 is 12.0 Å². The quantitative estimate of drug-likeness (QED) is 0.393. The minimum atomic E-state index is -0.652. The first-order valence-corrected chi connectivity index (χ1v) is 4.32. The average Bonchev–Trinajstić information content (AvgIpc) is 2.15. The second kappa shape index (κ2) is 6.50. The summed E-state index contributed by atoms with van der Waals surface area (Å²) in [5, 5.41) is 9.48. The van der Waals surface area contributed by atoms with Crippen LogP contribution in [0.2, 0.25) is 0 Å². The van der Waals surface area contributed by atoms with Crippen molar-refractivity contribution < 1.29 is 14.6 Å². The summed E-state index contributed by atoms with van der Waals surface area (Å²) in [6.07, 6.45) is 6.31. The molecule has 2 atom stereocenters. The van der Waals surface area contributed by atoms with E-state index >= 15 is 0 Å². The zero-order valence-corrected chi connectivity index (χ0v) is 8.12. The molecule has 0 heterocycles. The van der Waals surface area contributed by atoms with Gasteiger partial charge in [0.25, 0.3) is 0 Å². The number of ether oxygens (including phenoxy) is 1. The Labute approximate surface area is 79.1 Å². The number of aliphatic hydroxyl groups is 1. The molecule has 0 unspecified atom stereocenters. The predicted molar refractivity (Wildman–Crippen MR) is 49.9 cm³/mol. The maximum absolute atomic E-state index is 11.0. The third kappa shape index (κ3) is 4.54. The molecule has 0 rings (SSSR count). The van der Waals surface area contributed by atoms with Crippen LogP contribution in [-0.4, -0.2) is 24.3 Å². The van der Waals surface area contributed by atoms with Crippen LogP contribution in [0.4, 0.5) is 0 Å². The number of methoxy groups -OCH3 is 1. The highest BCUT2D eigenvalue weighted by Gasteiger charge is 2.21. The number of carbonyl (C=O) groups is 1. The Morgan fingerprint density at radius 2 is 2.31 bits per heavy atom. The second-order valence-electron chi connectivity index (χ2n) is 2.98. The molecule has 0 aromatic carbocycles. The van der Waals surface area contributed by atoms with E-state index in [0.29, 0.717) is 12.8 Å². The van der Waals surface area contributed by atoms with Crippen LogP contribution in [0.1, 0.15) is 26.2 Å². The van der Waals surface area contributed by atoms with Gasteiger partial charge in [0.15, 0.2) is 0 Å². The molecule has 0 saturated carbocycles. The van der Waals surface area contributed by atoms with Gasteiger partial charge in [0.05, 0.1) is 19.1 Å². The van der Waals surface area contributed by atoms with Crippen molar-refractivity contribution in [3.8, 4) is 12.3 Å². The summed E-state index contributed by atoms with van der Waals surface area (Å²) in [7, 11) is 1.31. The molecule has 0 spiro atoms. The number of carbonyl (C=O) groups excluding carboxylic acids is 1. The van der Waals surface area contributed by atoms with Gasteiger partial charge in [0.2, 0.25) is 0 Å². The van der Waals surface area contributed by atoms with Crippen LogP contribution in [0.15, 0.2) is 0 Å². The molecule has 0 aliphatic rings. The third-order valence-electron chi connectivity index (χ3n) is 1.97. The molecule has 1 N–H and O–H groups in total. The van der Waals surface area contributed by atoms with Crippen molar-refractivity contribution in [1.82, 2.24) is 0 Å². The van der Waals surface area contributed by atoms with Crippen molar-refractivity contribution in [1.29, 1.82) is 0 Å². The molecule has 0 amide bonds. The van der Waals surface area contributed by atoms with E-state index in [1.807, 2.05) is 0 Å². The highest BCUT2D eigenvalue weighted by molar-refractivity contribution is 5.72. The van der Waals surface area contributed by atoms with Crippen molar-refractivity contribution in [2.24, 2.45) is 5.92 Å². The van der Waals surface area contributed by atoms with Gasteiger partial charge in [0.1, 0.15) is 0 Å². The van der Waals surface area contributed by atoms with Gasteiger partial charge >= 0.3 is 5.97 Å². The molecule has 0 aliphatic heterocycles. The largest absolute Gasteiger partial charge is 0.469 e. The second-order valence-corrected chi connectivity index (χ2v) is 2.98. The van der Waals surface area contributed by atoms with Crippen molar-refractivity contribution in [2.45, 2.75) is 32.3 Å². The molecule has 3 heteroatoms. The van der Waals surface area contributed by atoms with E-state index in [9.17, 15) is 9.90 Å². The summed E-state index contributed by atoms with van der Waals surface area (Å²) in [4.78, 5) is 11.0. The summed E-state index contributed by atoms with van der Waals surface area (Å²) in [5.41, 5.74) is 0. The molecule has 74 valence electrons. The van der Waals surface area contributed by atoms with Crippen LogP contribution in [-0.2, 0) is 9.53 Å². The van der Waals surface area contributed by atoms with Crippen LogP contribution in [0.3, 0.4) is 0 Å². The molecule has 0 bridgehead atoms. The molecule has 13 heavy (non-hydrogen) atoms. The van der Waals surface area contributed by atoms with Gasteiger partial charge in [-0.25, -0.2) is 0 Å². The Balaban J connectivity index is 3.76. The van der Waals surface area contributed by atoms with Crippen LogP contribution in [0.25, 0.3) is 0 Å². The number of rotatable bonds is 5. The lowest BCUT2D eigenvalue weighted by Crippen LogP contribution is -2.26. The van der Waals surface area contributed by atoms with E-state index in [-0.39, 0.29) is 5.97 Å². The molecule has 0 fully saturated rings. The monoisotopic (exact) mass is 184 g/mol. The summed E-state index contributed by atoms with van der Waals surface area (Å²) in [6.45, 7) is 1.65. The van der Waals surface area contributed by atoms with Gasteiger partial charge in [-0.15, -0.1) is 12.3 Å². The van der Waals surface area contributed by atoms with Crippen LogP contribution in [0, 0.1) is 18.3 Å². The lowest BCUT2D eigenvalue weighted by Gasteiger charge is -2.15. The summed E-state index contributed by atoms with van der Waals surface area (Å²) < 4.78 is 4.50. The van der Waals surface area contributed by atoms with E-state index in [4.69, 9.17) is 6.42 Å². The van der Waals surface area contributed by atoms with Crippen molar-refractivity contribution >= 4 is 5.97 Å². The fourth-order valence-electron chi connectivity index (χ4n) is 1.01. The molecular formula is C10H16O3. The fraction of sp³-hybridized carbons (Fsp3) is 0.700. The van der Waals surface area contributed by atoms with Gasteiger partial charge < -0.3 is 9.84 Å². The number of hydrogen-bond donors (Lipinski definition) is 1. The minimum Gasteiger partial charge on any atom is -0.469 e. The number of aliphatic hydroxyl groups excluding tert-OH is 1. The summed E-state index contributed by atoms with van der Waals surface area (Å²) >= 11 is 0. The number of terminal acetylenes is 1. The normalized spacial score (nSPS) is 14.3. The first kappa shape index (κ1) is 12.0. The van der Waals surface area contributed by atoms with Gasteiger partial charge in [0, 0.05) is 6.42 Å². The van der Waals surface area contributed by atoms with Crippen molar-refractivity contribution in [3.05, 3.63) is 0 Å². The smallest absolute Gasteiger partial charge is 0.311 e. The fourth-order valence-corrected chi connectivity index (χ4v) is 1.01. The van der Waals surface area contributed by atoms with E-state index in [1.165, 1.54) is 7.11 Å². The van der Waals surface area contributed by atoms with Gasteiger partial charge in [-0.05, 0) is 19.8 Å². The van der Waals surface area contributed by atoms with Gasteiger partial charge in [-0.3, -0.25) is 4.79 Å². The van der Waals surface area contributed by atoms with Crippen LogP contribution in [0.5, 0.6) is 0 Å². The average molecular weight is 184 g/mol. The number of unbranched alkanes of at least 4 members (excludes halogenated alkanes) is 1. The molecule has 0 radical (unpaired) electrons. The van der Waals surface area contributed by atoms with Gasteiger partial charge in [-0.2, -0.15) is 0 Å². The zero-order chi connectivity index (χ0) is 10.3. The van der Waals surface area contributed by atoms with E-state index in [1.54, 1.807) is 6.92 Å². The number of hydrogen-bond acceptors (Lipinski definition) is 3. The van der Waals surface area contributed by atoms with Crippen LogP contribution >= 0.6 is 0 Å². The van der Waals surface area contributed by atoms with Crippen molar-refractivity contribution in [3.63, 3.8) is 0 Å². The minimum absolute atomic E-state index is 0.381. The highest BCUT2D eigenvalue weighted by atomic mass is 16.5. The first-order chi connectivity index (χ1) is 6.13.